The number of ether oxygens (including phenoxy) is 1. The quantitative estimate of drug-likeness (QED) is 0.753. The molecule has 0 spiro atoms. The predicted molar refractivity (Wildman–Crippen MR) is 78.1 cm³/mol. The lowest BCUT2D eigenvalue weighted by Crippen LogP contribution is -2.45. The summed E-state index contributed by atoms with van der Waals surface area (Å²) in [6.45, 7) is 3.52. The maximum absolute atomic E-state index is 11.8. The van der Waals surface area contributed by atoms with E-state index in [-0.39, 0.29) is 17.6 Å². The summed E-state index contributed by atoms with van der Waals surface area (Å²) in [6.07, 6.45) is 0. The fourth-order valence-electron chi connectivity index (χ4n) is 1.57. The summed E-state index contributed by atoms with van der Waals surface area (Å²) in [6, 6.07) is 6.51. The number of nitrogens with one attached hydrogen (secondary N) is 1. The number of carbonyl (C=O) groups is 2. The van der Waals surface area contributed by atoms with Crippen molar-refractivity contribution in [1.82, 2.24) is 5.32 Å². The average Bonchev–Trinajstić information content (AvgIpc) is 2.42. The Kier molecular flexibility index (Phi) is 6.38. The molecule has 20 heavy (non-hydrogen) atoms. The van der Waals surface area contributed by atoms with Crippen molar-refractivity contribution in [2.75, 3.05) is 12.9 Å². The minimum absolute atomic E-state index is 0.154. The van der Waals surface area contributed by atoms with Crippen LogP contribution in [0.4, 0.5) is 0 Å². The first-order chi connectivity index (χ1) is 9.43. The predicted octanol–water partition coefficient (Wildman–Crippen LogP) is 2.01. The van der Waals surface area contributed by atoms with E-state index in [0.29, 0.717) is 0 Å². The lowest BCUT2D eigenvalue weighted by molar-refractivity contribution is -0.142. The molecule has 0 heterocycles. The molecule has 1 atom stereocenters. The van der Waals surface area contributed by atoms with Gasteiger partial charge in [0.05, 0.1) is 12.9 Å². The lowest BCUT2D eigenvalue weighted by atomic mass is 10.1. The average molecular weight is 297 g/mol. The summed E-state index contributed by atoms with van der Waals surface area (Å²) < 4.78 is 5.10. The van der Waals surface area contributed by atoms with E-state index >= 15 is 0 Å². The van der Waals surface area contributed by atoms with Crippen LogP contribution in [0.5, 0.6) is 5.75 Å². The highest BCUT2D eigenvalue weighted by Crippen LogP contribution is 2.22. The molecule has 0 saturated carbocycles. The maximum atomic E-state index is 11.8. The van der Waals surface area contributed by atoms with Gasteiger partial charge in [0.15, 0.2) is 0 Å². The third-order valence-corrected chi connectivity index (χ3v) is 3.65. The van der Waals surface area contributed by atoms with Crippen LogP contribution in [0.2, 0.25) is 0 Å². The van der Waals surface area contributed by atoms with E-state index in [4.69, 9.17) is 9.84 Å². The first-order valence-corrected chi connectivity index (χ1v) is 7.21. The van der Waals surface area contributed by atoms with Gasteiger partial charge < -0.3 is 15.2 Å². The summed E-state index contributed by atoms with van der Waals surface area (Å²) in [4.78, 5) is 23.7. The third kappa shape index (κ3) is 5.13. The van der Waals surface area contributed by atoms with E-state index in [9.17, 15) is 9.59 Å². The first kappa shape index (κ1) is 16.4. The minimum atomic E-state index is -1.01. The largest absolute Gasteiger partial charge is 0.497 e. The molecule has 2 N–H and O–H groups in total. The van der Waals surface area contributed by atoms with E-state index in [1.807, 2.05) is 24.3 Å². The second kappa shape index (κ2) is 7.79. The van der Waals surface area contributed by atoms with Crippen LogP contribution < -0.4 is 10.1 Å². The SMILES string of the molecule is COc1cccc(SCC(=O)N[C@@H](C(=O)O)C(C)C)c1. The molecule has 0 saturated heterocycles. The standard InChI is InChI=1S/C14H19NO4S/c1-9(2)13(14(17)18)15-12(16)8-20-11-6-4-5-10(7-11)19-3/h4-7,9,13H,8H2,1-3H3,(H,15,16)(H,17,18)/t13-/m1/s1. The lowest BCUT2D eigenvalue weighted by Gasteiger charge is -2.17. The van der Waals surface area contributed by atoms with Crippen LogP contribution in [0.1, 0.15) is 13.8 Å². The Hall–Kier alpha value is -1.69. The van der Waals surface area contributed by atoms with E-state index < -0.39 is 12.0 Å². The Balaban J connectivity index is 2.52. The van der Waals surface area contributed by atoms with Gasteiger partial charge in [-0.1, -0.05) is 19.9 Å². The fourth-order valence-corrected chi connectivity index (χ4v) is 2.32. The Labute approximate surface area is 122 Å². The van der Waals surface area contributed by atoms with Gasteiger partial charge in [0, 0.05) is 4.90 Å². The first-order valence-electron chi connectivity index (χ1n) is 6.23. The van der Waals surface area contributed by atoms with E-state index in [2.05, 4.69) is 5.32 Å². The summed E-state index contributed by atoms with van der Waals surface area (Å²) in [5, 5.41) is 11.5. The summed E-state index contributed by atoms with van der Waals surface area (Å²) in [5.74, 6) is -0.568. The number of carboxylic acids is 1. The highest BCUT2D eigenvalue weighted by molar-refractivity contribution is 8.00. The number of hydrogen-bond acceptors (Lipinski definition) is 4. The van der Waals surface area contributed by atoms with Gasteiger partial charge in [-0.15, -0.1) is 11.8 Å². The van der Waals surface area contributed by atoms with Crippen molar-refractivity contribution in [3.63, 3.8) is 0 Å². The van der Waals surface area contributed by atoms with Gasteiger partial charge in [-0.3, -0.25) is 4.79 Å². The van der Waals surface area contributed by atoms with E-state index in [0.717, 1.165) is 10.6 Å². The number of carbonyl (C=O) groups excluding carboxylic acids is 1. The van der Waals surface area contributed by atoms with Gasteiger partial charge >= 0.3 is 5.97 Å². The van der Waals surface area contributed by atoms with Gasteiger partial charge in [0.25, 0.3) is 0 Å². The molecule has 1 aromatic carbocycles. The Morgan fingerprint density at radius 1 is 1.40 bits per heavy atom. The highest BCUT2D eigenvalue weighted by atomic mass is 32.2. The van der Waals surface area contributed by atoms with Crippen LogP contribution in [0.25, 0.3) is 0 Å². The molecule has 0 unspecified atom stereocenters. The van der Waals surface area contributed by atoms with Crippen LogP contribution >= 0.6 is 11.8 Å². The molecule has 0 aromatic heterocycles. The van der Waals surface area contributed by atoms with Crippen molar-refractivity contribution in [1.29, 1.82) is 0 Å². The number of methoxy groups -OCH3 is 1. The van der Waals surface area contributed by atoms with Crippen LogP contribution in [-0.2, 0) is 9.59 Å². The molecular formula is C14H19NO4S. The highest BCUT2D eigenvalue weighted by Gasteiger charge is 2.23. The second-order valence-corrected chi connectivity index (χ2v) is 5.64. The molecule has 110 valence electrons. The van der Waals surface area contributed by atoms with Crippen molar-refractivity contribution in [2.45, 2.75) is 24.8 Å². The number of carboxylic acid groups (broad SMARTS) is 1. The minimum Gasteiger partial charge on any atom is -0.497 e. The smallest absolute Gasteiger partial charge is 0.326 e. The zero-order chi connectivity index (χ0) is 15.1. The monoisotopic (exact) mass is 297 g/mol. The van der Waals surface area contributed by atoms with Gasteiger partial charge in [0.1, 0.15) is 11.8 Å². The molecule has 0 bridgehead atoms. The van der Waals surface area contributed by atoms with Crippen LogP contribution in [-0.4, -0.2) is 35.9 Å². The summed E-state index contributed by atoms with van der Waals surface area (Å²) >= 11 is 1.34. The van der Waals surface area contributed by atoms with Crippen molar-refractivity contribution in [3.05, 3.63) is 24.3 Å². The molecule has 0 aliphatic carbocycles. The summed E-state index contributed by atoms with van der Waals surface area (Å²) in [7, 11) is 1.58. The van der Waals surface area contributed by atoms with Crippen LogP contribution in [0, 0.1) is 5.92 Å². The van der Waals surface area contributed by atoms with Crippen molar-refractivity contribution in [3.8, 4) is 5.75 Å². The normalized spacial score (nSPS) is 12.0. The zero-order valence-corrected chi connectivity index (χ0v) is 12.6. The molecular weight excluding hydrogens is 278 g/mol. The third-order valence-electron chi connectivity index (χ3n) is 2.66. The Morgan fingerprint density at radius 3 is 2.65 bits per heavy atom. The van der Waals surface area contributed by atoms with Crippen LogP contribution in [0.3, 0.4) is 0 Å². The van der Waals surface area contributed by atoms with Crippen molar-refractivity contribution < 1.29 is 19.4 Å². The molecule has 5 nitrogen and oxygen atoms in total. The molecule has 1 aromatic rings. The molecule has 6 heteroatoms. The second-order valence-electron chi connectivity index (χ2n) is 4.60. The number of benzene rings is 1. The number of aliphatic carboxylic acids is 1. The number of rotatable bonds is 7. The summed E-state index contributed by atoms with van der Waals surface area (Å²) in [5.41, 5.74) is 0. The van der Waals surface area contributed by atoms with Gasteiger partial charge in [0.2, 0.25) is 5.91 Å². The van der Waals surface area contributed by atoms with Crippen molar-refractivity contribution in [2.24, 2.45) is 5.92 Å². The number of thioether (sulfide) groups is 1. The maximum Gasteiger partial charge on any atom is 0.326 e. The molecule has 0 aliphatic rings. The van der Waals surface area contributed by atoms with Gasteiger partial charge in [-0.25, -0.2) is 4.79 Å². The van der Waals surface area contributed by atoms with Gasteiger partial charge in [-0.05, 0) is 24.1 Å². The zero-order valence-electron chi connectivity index (χ0n) is 11.8. The topological polar surface area (TPSA) is 75.6 Å². The molecule has 1 amide bonds. The molecule has 0 radical (unpaired) electrons. The van der Waals surface area contributed by atoms with E-state index in [1.54, 1.807) is 21.0 Å². The Bertz CT molecular complexity index is 476. The number of amides is 1. The number of hydrogen-bond donors (Lipinski definition) is 2. The molecule has 1 rings (SSSR count). The van der Waals surface area contributed by atoms with Crippen molar-refractivity contribution >= 4 is 23.6 Å². The van der Waals surface area contributed by atoms with E-state index in [1.165, 1.54) is 11.8 Å². The Morgan fingerprint density at radius 2 is 2.10 bits per heavy atom. The van der Waals surface area contributed by atoms with Crippen LogP contribution in [0.15, 0.2) is 29.2 Å². The molecule has 0 fully saturated rings. The fraction of sp³-hybridized carbons (Fsp3) is 0.429. The molecule has 0 aliphatic heterocycles. The van der Waals surface area contributed by atoms with Gasteiger partial charge in [-0.2, -0.15) is 0 Å².